The van der Waals surface area contributed by atoms with Crippen LogP contribution in [0.2, 0.25) is 0 Å². The van der Waals surface area contributed by atoms with Crippen LogP contribution >= 0.6 is 0 Å². The van der Waals surface area contributed by atoms with E-state index in [2.05, 4.69) is 37.3 Å². The van der Waals surface area contributed by atoms with Gasteiger partial charge < -0.3 is 9.47 Å². The van der Waals surface area contributed by atoms with E-state index in [1.807, 2.05) is 14.2 Å². The molecule has 0 aromatic heterocycles. The van der Waals surface area contributed by atoms with Crippen LogP contribution in [0, 0.1) is 11.8 Å². The molecule has 1 fully saturated rings. The average molecular weight is 347 g/mol. The van der Waals surface area contributed by atoms with Crippen LogP contribution < -0.4 is 0 Å². The molecule has 0 radical (unpaired) electrons. The number of hydrogen-bond donors (Lipinski definition) is 0. The lowest BCUT2D eigenvalue weighted by Gasteiger charge is -2.42. The summed E-state index contributed by atoms with van der Waals surface area (Å²) in [6.45, 7) is 2.28. The van der Waals surface area contributed by atoms with Crippen LogP contribution in [-0.4, -0.2) is 14.2 Å². The smallest absolute Gasteiger partial charge is 0.197 e. The Morgan fingerprint density at radius 3 is 2.12 bits per heavy atom. The highest BCUT2D eigenvalue weighted by Gasteiger charge is 2.45. The van der Waals surface area contributed by atoms with Crippen molar-refractivity contribution in [1.82, 2.24) is 0 Å². The monoisotopic (exact) mass is 346 g/mol. The van der Waals surface area contributed by atoms with Gasteiger partial charge in [-0.1, -0.05) is 88.6 Å². The van der Waals surface area contributed by atoms with Gasteiger partial charge in [0.1, 0.15) is 0 Å². The first-order chi connectivity index (χ1) is 12.3. The molecule has 142 valence electrons. The molecule has 0 aliphatic heterocycles. The third kappa shape index (κ3) is 5.31. The molecule has 1 aliphatic carbocycles. The predicted octanol–water partition coefficient (Wildman–Crippen LogP) is 6.69. The highest BCUT2D eigenvalue weighted by molar-refractivity contribution is 5.22. The predicted molar refractivity (Wildman–Crippen MR) is 106 cm³/mol. The van der Waals surface area contributed by atoms with Crippen molar-refractivity contribution in [2.24, 2.45) is 11.8 Å². The maximum absolute atomic E-state index is 6.12. The molecule has 1 aromatic carbocycles. The Balaban J connectivity index is 2.11. The van der Waals surface area contributed by atoms with Gasteiger partial charge in [0.15, 0.2) is 5.79 Å². The third-order valence-electron chi connectivity index (χ3n) is 6.11. The minimum absolute atomic E-state index is 0.443. The molecule has 0 spiro atoms. The summed E-state index contributed by atoms with van der Waals surface area (Å²) in [5.74, 6) is 0.564. The van der Waals surface area contributed by atoms with Crippen LogP contribution in [0.5, 0.6) is 0 Å². The van der Waals surface area contributed by atoms with E-state index in [9.17, 15) is 0 Å². The minimum atomic E-state index is -0.598. The summed E-state index contributed by atoms with van der Waals surface area (Å²) in [4.78, 5) is 0. The molecule has 0 amide bonds. The summed E-state index contributed by atoms with van der Waals surface area (Å²) in [6.07, 6.45) is 14.6. The van der Waals surface area contributed by atoms with Gasteiger partial charge >= 0.3 is 0 Å². The Labute approximate surface area is 155 Å². The van der Waals surface area contributed by atoms with Crippen molar-refractivity contribution in [3.63, 3.8) is 0 Å². The van der Waals surface area contributed by atoms with Crippen molar-refractivity contribution in [2.45, 2.75) is 83.3 Å². The number of methoxy groups -OCH3 is 2. The number of ether oxygens (including phenoxy) is 2. The molecule has 0 heterocycles. The molecular weight excluding hydrogens is 308 g/mol. The van der Waals surface area contributed by atoms with Crippen LogP contribution in [0.1, 0.15) is 83.1 Å². The zero-order valence-electron chi connectivity index (χ0n) is 16.6. The maximum Gasteiger partial charge on any atom is 0.197 e. The van der Waals surface area contributed by atoms with Gasteiger partial charge in [0.05, 0.1) is 0 Å². The van der Waals surface area contributed by atoms with E-state index >= 15 is 0 Å². The van der Waals surface area contributed by atoms with Gasteiger partial charge in [0, 0.05) is 25.7 Å². The molecular formula is C23H38O2. The summed E-state index contributed by atoms with van der Waals surface area (Å²) < 4.78 is 12.2. The van der Waals surface area contributed by atoms with Crippen LogP contribution in [0.4, 0.5) is 0 Å². The molecule has 2 rings (SSSR count). The molecule has 1 aliphatic rings. The fourth-order valence-corrected chi connectivity index (χ4v) is 4.75. The van der Waals surface area contributed by atoms with Crippen LogP contribution in [0.15, 0.2) is 30.3 Å². The lowest BCUT2D eigenvalue weighted by Crippen LogP contribution is -2.42. The molecule has 25 heavy (non-hydrogen) atoms. The van der Waals surface area contributed by atoms with E-state index in [1.54, 1.807) is 0 Å². The zero-order valence-corrected chi connectivity index (χ0v) is 16.6. The largest absolute Gasteiger partial charge is 0.349 e. The fraction of sp³-hybridized carbons (Fsp3) is 0.739. The van der Waals surface area contributed by atoms with Crippen molar-refractivity contribution in [3.8, 4) is 0 Å². The maximum atomic E-state index is 6.12. The second kappa shape index (κ2) is 11.0. The minimum Gasteiger partial charge on any atom is -0.349 e. The van der Waals surface area contributed by atoms with Crippen molar-refractivity contribution in [3.05, 3.63) is 35.9 Å². The van der Waals surface area contributed by atoms with Gasteiger partial charge in [-0.05, 0) is 25.2 Å². The number of hydrogen-bond acceptors (Lipinski definition) is 2. The van der Waals surface area contributed by atoms with Gasteiger partial charge in [-0.3, -0.25) is 0 Å². The molecule has 1 atom stereocenters. The zero-order chi connectivity index (χ0) is 18.0. The first kappa shape index (κ1) is 20.5. The highest BCUT2D eigenvalue weighted by atomic mass is 16.7. The van der Waals surface area contributed by atoms with E-state index < -0.39 is 5.79 Å². The van der Waals surface area contributed by atoms with Gasteiger partial charge in [-0.25, -0.2) is 0 Å². The summed E-state index contributed by atoms with van der Waals surface area (Å²) in [5.41, 5.74) is 1.17. The summed E-state index contributed by atoms with van der Waals surface area (Å²) in [5, 5.41) is 0. The molecule has 1 aromatic rings. The van der Waals surface area contributed by atoms with Crippen molar-refractivity contribution in [2.75, 3.05) is 14.2 Å². The first-order valence-electron chi connectivity index (χ1n) is 10.4. The average Bonchev–Trinajstić information content (AvgIpc) is 3.19. The molecule has 0 saturated heterocycles. The molecule has 1 unspecified atom stereocenters. The molecule has 1 saturated carbocycles. The Morgan fingerprint density at radius 2 is 1.52 bits per heavy atom. The summed E-state index contributed by atoms with van der Waals surface area (Å²) in [6, 6.07) is 10.6. The molecule has 2 nitrogen and oxygen atoms in total. The Hall–Kier alpha value is -0.860. The van der Waals surface area contributed by atoms with E-state index in [4.69, 9.17) is 9.47 Å². The SMILES string of the molecule is CCCCCCCCC(C1CCCC1)C(OC)(OC)c1ccccc1. The Morgan fingerprint density at radius 1 is 0.920 bits per heavy atom. The molecule has 0 bridgehead atoms. The fourth-order valence-electron chi connectivity index (χ4n) is 4.75. The molecule has 2 heteroatoms. The van der Waals surface area contributed by atoms with Crippen LogP contribution in [0.3, 0.4) is 0 Å². The normalized spacial score (nSPS) is 17.1. The van der Waals surface area contributed by atoms with Gasteiger partial charge in [-0.15, -0.1) is 0 Å². The van der Waals surface area contributed by atoms with Gasteiger partial charge in [0.2, 0.25) is 0 Å². The Bertz CT molecular complexity index is 446. The third-order valence-corrected chi connectivity index (χ3v) is 6.11. The van der Waals surface area contributed by atoms with Crippen molar-refractivity contribution >= 4 is 0 Å². The van der Waals surface area contributed by atoms with Gasteiger partial charge in [-0.2, -0.15) is 0 Å². The topological polar surface area (TPSA) is 18.5 Å². The van der Waals surface area contributed by atoms with E-state index in [1.165, 1.54) is 76.2 Å². The van der Waals surface area contributed by atoms with E-state index in [0.29, 0.717) is 5.92 Å². The quantitative estimate of drug-likeness (QED) is 0.310. The Kier molecular flexibility index (Phi) is 8.98. The van der Waals surface area contributed by atoms with Gasteiger partial charge in [0.25, 0.3) is 0 Å². The second-order valence-corrected chi connectivity index (χ2v) is 7.65. The lowest BCUT2D eigenvalue weighted by atomic mass is 9.77. The first-order valence-corrected chi connectivity index (χ1v) is 10.4. The highest BCUT2D eigenvalue weighted by Crippen LogP contribution is 2.46. The standard InChI is InChI=1S/C23H38O2/c1-4-5-6-7-8-12-19-22(20-15-13-14-16-20)23(24-2,25-3)21-17-10-9-11-18-21/h9-11,17-18,20,22H,4-8,12-16,19H2,1-3H3. The number of benzene rings is 1. The van der Waals surface area contributed by atoms with Crippen molar-refractivity contribution in [1.29, 1.82) is 0 Å². The van der Waals surface area contributed by atoms with Crippen molar-refractivity contribution < 1.29 is 9.47 Å². The lowest BCUT2D eigenvalue weighted by molar-refractivity contribution is -0.261. The van der Waals surface area contributed by atoms with E-state index in [-0.39, 0.29) is 0 Å². The summed E-state index contributed by atoms with van der Waals surface area (Å²) in [7, 11) is 3.64. The number of rotatable bonds is 12. The van der Waals surface area contributed by atoms with E-state index in [0.717, 1.165) is 5.92 Å². The number of unbranched alkanes of at least 4 members (excludes halogenated alkanes) is 5. The summed E-state index contributed by atoms with van der Waals surface area (Å²) >= 11 is 0. The molecule has 0 N–H and O–H groups in total. The van der Waals surface area contributed by atoms with Crippen LogP contribution in [0.25, 0.3) is 0 Å². The second-order valence-electron chi connectivity index (χ2n) is 7.65. The van der Waals surface area contributed by atoms with Crippen LogP contribution in [-0.2, 0) is 15.3 Å².